The smallest absolute Gasteiger partial charge is 0.328 e. The number of likely N-dealkylation sites (N-methyl/N-ethyl adjacent to an activating group) is 1. The number of hydrogen-bond donors (Lipinski definition) is 1. The van der Waals surface area contributed by atoms with Gasteiger partial charge in [-0.25, -0.2) is 4.79 Å². The summed E-state index contributed by atoms with van der Waals surface area (Å²) in [4.78, 5) is 24.5. The number of imide groups is 1. The second-order valence-electron chi connectivity index (χ2n) is 5.69. The molecule has 0 spiro atoms. The molecule has 27 heavy (non-hydrogen) atoms. The van der Waals surface area contributed by atoms with E-state index in [0.717, 1.165) is 10.5 Å². The lowest BCUT2D eigenvalue weighted by molar-refractivity contribution is -0.121. The summed E-state index contributed by atoms with van der Waals surface area (Å²) in [6.07, 6.45) is 1.54. The van der Waals surface area contributed by atoms with E-state index in [2.05, 4.69) is 21.2 Å². The fourth-order valence-corrected chi connectivity index (χ4v) is 3.83. The highest BCUT2D eigenvalue weighted by Gasteiger charge is 2.30. The van der Waals surface area contributed by atoms with E-state index in [4.69, 9.17) is 39.5 Å². The predicted octanol–water partition coefficient (Wildman–Crippen LogP) is 5.51. The van der Waals surface area contributed by atoms with Crippen LogP contribution in [0, 0.1) is 0 Å². The first-order chi connectivity index (χ1) is 12.8. The van der Waals surface area contributed by atoms with E-state index in [1.807, 2.05) is 0 Å². The van der Waals surface area contributed by atoms with Gasteiger partial charge in [0.15, 0.2) is 5.75 Å². The van der Waals surface area contributed by atoms with Crippen molar-refractivity contribution < 1.29 is 14.3 Å². The van der Waals surface area contributed by atoms with Gasteiger partial charge in [0, 0.05) is 22.7 Å². The third-order valence-electron chi connectivity index (χ3n) is 3.80. The van der Waals surface area contributed by atoms with Crippen LogP contribution in [0.1, 0.15) is 11.1 Å². The monoisotopic (exact) mass is 488 g/mol. The number of rotatable bonds is 4. The van der Waals surface area contributed by atoms with Crippen LogP contribution in [0.4, 0.5) is 4.79 Å². The fraction of sp³-hybridized carbons (Fsp3) is 0.111. The highest BCUT2D eigenvalue weighted by Crippen LogP contribution is 2.36. The number of urea groups is 1. The summed E-state index contributed by atoms with van der Waals surface area (Å²) in [5, 5.41) is 3.87. The molecule has 1 aliphatic heterocycles. The number of nitrogens with one attached hydrogen (secondary N) is 1. The van der Waals surface area contributed by atoms with E-state index < -0.39 is 11.9 Å². The number of halogens is 4. The van der Waals surface area contributed by atoms with Crippen molar-refractivity contribution in [3.05, 3.63) is 66.7 Å². The van der Waals surface area contributed by atoms with Gasteiger partial charge in [-0.15, -0.1) is 0 Å². The van der Waals surface area contributed by atoms with Crippen LogP contribution in [0.15, 0.2) is 40.5 Å². The van der Waals surface area contributed by atoms with Crippen molar-refractivity contribution in [1.82, 2.24) is 10.2 Å². The lowest BCUT2D eigenvalue weighted by Gasteiger charge is -2.12. The molecule has 0 bridgehead atoms. The van der Waals surface area contributed by atoms with Crippen molar-refractivity contribution >= 4 is 68.7 Å². The van der Waals surface area contributed by atoms with Gasteiger partial charge in [-0.1, -0.05) is 40.9 Å². The second kappa shape index (κ2) is 8.10. The minimum Gasteiger partial charge on any atom is -0.486 e. The SMILES string of the molecule is CN1C(=O)N/C(=C/c2cc(Cl)c(OCc3ccc(Cl)cc3Cl)c(Br)c2)C1=O. The molecule has 1 saturated heterocycles. The molecule has 3 amide bonds. The highest BCUT2D eigenvalue weighted by atomic mass is 79.9. The minimum atomic E-state index is -0.476. The molecule has 0 aliphatic carbocycles. The van der Waals surface area contributed by atoms with Crippen LogP contribution in [0.25, 0.3) is 6.08 Å². The second-order valence-corrected chi connectivity index (χ2v) is 7.80. The number of benzene rings is 2. The Morgan fingerprint density at radius 2 is 1.89 bits per heavy atom. The average molecular weight is 491 g/mol. The van der Waals surface area contributed by atoms with E-state index >= 15 is 0 Å². The Morgan fingerprint density at radius 3 is 2.48 bits per heavy atom. The van der Waals surface area contributed by atoms with Crippen LogP contribution in [0.3, 0.4) is 0 Å². The molecule has 3 rings (SSSR count). The van der Waals surface area contributed by atoms with Crippen LogP contribution < -0.4 is 10.1 Å². The molecule has 140 valence electrons. The van der Waals surface area contributed by atoms with Gasteiger partial charge in [0.1, 0.15) is 12.3 Å². The first-order valence-corrected chi connectivity index (χ1v) is 9.55. The molecular formula is C18H12BrCl3N2O3. The quantitative estimate of drug-likeness (QED) is 0.454. The number of amides is 3. The molecule has 2 aromatic carbocycles. The van der Waals surface area contributed by atoms with Crippen LogP contribution in [0.2, 0.25) is 15.1 Å². The van der Waals surface area contributed by atoms with Crippen molar-refractivity contribution in [1.29, 1.82) is 0 Å². The first kappa shape index (κ1) is 20.0. The summed E-state index contributed by atoms with van der Waals surface area (Å²) >= 11 is 21.8. The van der Waals surface area contributed by atoms with E-state index in [-0.39, 0.29) is 12.3 Å². The zero-order valence-corrected chi connectivity index (χ0v) is 17.7. The van der Waals surface area contributed by atoms with Gasteiger partial charge in [0.05, 0.1) is 9.50 Å². The maximum atomic E-state index is 12.0. The summed E-state index contributed by atoms with van der Waals surface area (Å²) in [5.74, 6) is 0.0219. The number of ether oxygens (including phenoxy) is 1. The van der Waals surface area contributed by atoms with Crippen molar-refractivity contribution in [2.75, 3.05) is 7.05 Å². The number of carbonyl (C=O) groups is 2. The molecule has 0 saturated carbocycles. The molecule has 0 atom stereocenters. The molecule has 0 radical (unpaired) electrons. The largest absolute Gasteiger partial charge is 0.486 e. The van der Waals surface area contributed by atoms with Gasteiger partial charge in [-0.3, -0.25) is 9.69 Å². The molecule has 0 unspecified atom stereocenters. The molecule has 2 aromatic rings. The summed E-state index contributed by atoms with van der Waals surface area (Å²) in [6.45, 7) is 0.202. The Bertz CT molecular complexity index is 955. The number of hydrogen-bond acceptors (Lipinski definition) is 3. The molecule has 9 heteroatoms. The Balaban J connectivity index is 1.81. The lowest BCUT2D eigenvalue weighted by atomic mass is 10.1. The topological polar surface area (TPSA) is 58.6 Å². The van der Waals surface area contributed by atoms with Crippen LogP contribution >= 0.6 is 50.7 Å². The van der Waals surface area contributed by atoms with Crippen LogP contribution in [0.5, 0.6) is 5.75 Å². The number of carbonyl (C=O) groups excluding carboxylic acids is 2. The van der Waals surface area contributed by atoms with Gasteiger partial charge in [0.2, 0.25) is 0 Å². The van der Waals surface area contributed by atoms with Gasteiger partial charge < -0.3 is 10.1 Å². The van der Waals surface area contributed by atoms with Crippen molar-refractivity contribution in [3.8, 4) is 5.75 Å². The van der Waals surface area contributed by atoms with Crippen molar-refractivity contribution in [2.45, 2.75) is 6.61 Å². The van der Waals surface area contributed by atoms with Crippen LogP contribution in [-0.4, -0.2) is 23.9 Å². The van der Waals surface area contributed by atoms with Gasteiger partial charge in [0.25, 0.3) is 5.91 Å². The summed E-state index contributed by atoms with van der Waals surface area (Å²) < 4.78 is 6.38. The summed E-state index contributed by atoms with van der Waals surface area (Å²) in [7, 11) is 1.40. The molecule has 1 fully saturated rings. The molecule has 0 aromatic heterocycles. The Kier molecular flexibility index (Phi) is 6.01. The fourth-order valence-electron chi connectivity index (χ4n) is 2.38. The van der Waals surface area contributed by atoms with E-state index in [1.165, 1.54) is 7.05 Å². The van der Waals surface area contributed by atoms with E-state index in [0.29, 0.717) is 30.9 Å². The molecule has 5 nitrogen and oxygen atoms in total. The summed E-state index contributed by atoms with van der Waals surface area (Å²) in [6, 6.07) is 8.03. The molecule has 1 heterocycles. The summed E-state index contributed by atoms with van der Waals surface area (Å²) in [5.41, 5.74) is 1.56. The maximum Gasteiger partial charge on any atom is 0.328 e. The average Bonchev–Trinajstić information content (AvgIpc) is 2.83. The predicted molar refractivity (Wildman–Crippen MR) is 109 cm³/mol. The van der Waals surface area contributed by atoms with E-state index in [1.54, 1.807) is 36.4 Å². The highest BCUT2D eigenvalue weighted by molar-refractivity contribution is 9.10. The Morgan fingerprint density at radius 1 is 1.15 bits per heavy atom. The zero-order valence-electron chi connectivity index (χ0n) is 13.9. The van der Waals surface area contributed by atoms with E-state index in [9.17, 15) is 9.59 Å². The molecule has 1 aliphatic rings. The van der Waals surface area contributed by atoms with Crippen molar-refractivity contribution in [3.63, 3.8) is 0 Å². The van der Waals surface area contributed by atoms with Crippen molar-refractivity contribution in [2.24, 2.45) is 0 Å². The van der Waals surface area contributed by atoms with Gasteiger partial charge in [-0.2, -0.15) is 0 Å². The minimum absolute atomic E-state index is 0.173. The van der Waals surface area contributed by atoms with Gasteiger partial charge in [-0.05, 0) is 51.8 Å². The van der Waals surface area contributed by atoms with Crippen LogP contribution in [-0.2, 0) is 11.4 Å². The number of nitrogens with zero attached hydrogens (tertiary/aromatic N) is 1. The normalized spacial score (nSPS) is 15.4. The maximum absolute atomic E-state index is 12.0. The standard InChI is InChI=1S/C18H12BrCl3N2O3/c1-24-17(25)15(23-18(24)26)6-9-4-12(19)16(14(22)5-9)27-8-10-2-3-11(20)7-13(10)21/h2-7H,8H2,1H3,(H,23,26)/b15-6+. The third kappa shape index (κ3) is 4.41. The molecule has 1 N–H and O–H groups in total. The Labute approximate surface area is 179 Å². The lowest BCUT2D eigenvalue weighted by Crippen LogP contribution is -2.25. The zero-order chi connectivity index (χ0) is 19.7. The molecular weight excluding hydrogens is 478 g/mol. The van der Waals surface area contributed by atoms with Gasteiger partial charge >= 0.3 is 6.03 Å². The Hall–Kier alpha value is -1.73. The third-order valence-corrected chi connectivity index (χ3v) is 5.26. The first-order valence-electron chi connectivity index (χ1n) is 7.63.